The van der Waals surface area contributed by atoms with Gasteiger partial charge in [0.25, 0.3) is 0 Å². The molecule has 3 aromatic rings. The monoisotopic (exact) mass is 502 g/mol. The minimum atomic E-state index is -0.424. The Morgan fingerprint density at radius 2 is 1.89 bits per heavy atom. The maximum atomic E-state index is 11.8. The van der Waals surface area contributed by atoms with Crippen molar-refractivity contribution in [2.24, 2.45) is 7.05 Å². The van der Waals surface area contributed by atoms with Crippen LogP contribution >= 0.6 is 0 Å². The number of hydrogen-bond donors (Lipinski definition) is 0. The first-order valence-electron chi connectivity index (χ1n) is 12.8. The van der Waals surface area contributed by atoms with Crippen LogP contribution in [0.4, 0.5) is 0 Å². The molecule has 0 unspecified atom stereocenters. The molecule has 194 valence electrons. The highest BCUT2D eigenvalue weighted by Gasteiger charge is 2.52. The molecular formula is C28H35BN4O4. The van der Waals surface area contributed by atoms with Gasteiger partial charge in [-0.1, -0.05) is 6.08 Å². The Bertz CT molecular complexity index is 1380. The van der Waals surface area contributed by atoms with Crippen LogP contribution < -0.4 is 5.46 Å². The van der Waals surface area contributed by atoms with Crippen LogP contribution in [-0.4, -0.2) is 63.9 Å². The third kappa shape index (κ3) is 4.60. The van der Waals surface area contributed by atoms with Gasteiger partial charge < -0.3 is 18.6 Å². The summed E-state index contributed by atoms with van der Waals surface area (Å²) in [6.45, 7) is 12.8. The zero-order chi connectivity index (χ0) is 26.5. The third-order valence-corrected chi connectivity index (χ3v) is 8.05. The van der Waals surface area contributed by atoms with Crippen molar-refractivity contribution in [1.82, 2.24) is 19.4 Å². The number of pyridine rings is 2. The molecule has 3 aromatic heterocycles. The Morgan fingerprint density at radius 3 is 2.51 bits per heavy atom. The fourth-order valence-electron chi connectivity index (χ4n) is 5.06. The molecule has 2 aliphatic rings. The van der Waals surface area contributed by atoms with Crippen molar-refractivity contribution in [3.8, 4) is 0 Å². The second-order valence-corrected chi connectivity index (χ2v) is 11.0. The topological polar surface area (TPSA) is 78.7 Å². The van der Waals surface area contributed by atoms with E-state index in [9.17, 15) is 4.79 Å². The van der Waals surface area contributed by atoms with Gasteiger partial charge in [-0.15, -0.1) is 0 Å². The number of aromatic nitrogens is 3. The Hall–Kier alpha value is -3.01. The molecule has 1 saturated heterocycles. The van der Waals surface area contributed by atoms with E-state index < -0.39 is 18.3 Å². The zero-order valence-electron chi connectivity index (χ0n) is 22.8. The minimum Gasteiger partial charge on any atom is -0.465 e. The van der Waals surface area contributed by atoms with Gasteiger partial charge in [0.15, 0.2) is 0 Å². The molecule has 0 N–H and O–H groups in total. The summed E-state index contributed by atoms with van der Waals surface area (Å²) in [6.07, 6.45) is 6.57. The summed E-state index contributed by atoms with van der Waals surface area (Å²) in [6, 6.07) is 6.08. The van der Waals surface area contributed by atoms with Crippen LogP contribution in [0.2, 0.25) is 0 Å². The molecule has 2 aliphatic heterocycles. The van der Waals surface area contributed by atoms with Crippen molar-refractivity contribution < 1.29 is 18.8 Å². The Balaban J connectivity index is 1.34. The van der Waals surface area contributed by atoms with E-state index in [1.54, 1.807) is 6.20 Å². The molecule has 0 aliphatic carbocycles. The van der Waals surface area contributed by atoms with Gasteiger partial charge in [-0.2, -0.15) is 0 Å². The highest BCUT2D eigenvalue weighted by molar-refractivity contribution is 6.65. The number of rotatable bonds is 5. The first kappa shape index (κ1) is 25.6. The van der Waals surface area contributed by atoms with Gasteiger partial charge in [-0.25, -0.2) is 9.78 Å². The van der Waals surface area contributed by atoms with E-state index in [1.165, 1.54) is 18.4 Å². The minimum absolute atomic E-state index is 0.364. The lowest BCUT2D eigenvalue weighted by Gasteiger charge is -2.32. The summed E-state index contributed by atoms with van der Waals surface area (Å²) < 4.78 is 19.7. The molecule has 9 heteroatoms. The van der Waals surface area contributed by atoms with E-state index in [1.807, 2.05) is 25.3 Å². The van der Waals surface area contributed by atoms with Gasteiger partial charge in [-0.05, 0) is 75.8 Å². The predicted octanol–water partition coefficient (Wildman–Crippen LogP) is 3.65. The van der Waals surface area contributed by atoms with E-state index in [0.717, 1.165) is 53.8 Å². The number of carbonyl (C=O) groups is 1. The standard InChI is InChI=1S/C28H35BN4O4/c1-18-14-20(26(34)35-7)16-31-24(18)19-9-12-33(13-10-19)17-21-15-22-23(8-11-30-25(22)32(21)6)29-36-27(2,3)28(4,5)37-29/h8-9,11,14-16H,10,12-13,17H2,1-7H3. The molecule has 0 aromatic carbocycles. The van der Waals surface area contributed by atoms with Crippen LogP contribution in [0.15, 0.2) is 36.7 Å². The second-order valence-electron chi connectivity index (χ2n) is 11.0. The average molecular weight is 502 g/mol. The zero-order valence-corrected chi connectivity index (χ0v) is 22.8. The lowest BCUT2D eigenvalue weighted by atomic mass is 9.78. The lowest BCUT2D eigenvalue weighted by molar-refractivity contribution is 0.00578. The van der Waals surface area contributed by atoms with Gasteiger partial charge in [0.1, 0.15) is 5.65 Å². The summed E-state index contributed by atoms with van der Waals surface area (Å²) in [5, 5.41) is 1.07. The van der Waals surface area contributed by atoms with Gasteiger partial charge in [-0.3, -0.25) is 9.88 Å². The number of ether oxygens (including phenoxy) is 1. The first-order chi connectivity index (χ1) is 17.5. The molecule has 5 rings (SSSR count). The summed E-state index contributed by atoms with van der Waals surface area (Å²) in [5.74, 6) is -0.364. The van der Waals surface area contributed by atoms with Crippen LogP contribution in [0.1, 0.15) is 61.4 Å². The van der Waals surface area contributed by atoms with Crippen molar-refractivity contribution in [1.29, 1.82) is 0 Å². The molecule has 5 heterocycles. The van der Waals surface area contributed by atoms with Crippen LogP contribution in [0.5, 0.6) is 0 Å². The normalized spacial score (nSPS) is 19.3. The van der Waals surface area contributed by atoms with Gasteiger partial charge in [0.2, 0.25) is 0 Å². The maximum absolute atomic E-state index is 11.8. The molecule has 0 atom stereocenters. The van der Waals surface area contributed by atoms with Gasteiger partial charge in [0, 0.05) is 50.2 Å². The number of methoxy groups -OCH3 is 1. The summed E-state index contributed by atoms with van der Waals surface area (Å²) >= 11 is 0. The summed E-state index contributed by atoms with van der Waals surface area (Å²) in [5.41, 5.74) is 5.98. The largest absolute Gasteiger partial charge is 0.495 e. The number of nitrogens with zero attached hydrogens (tertiary/aromatic N) is 4. The van der Waals surface area contributed by atoms with Gasteiger partial charge in [0.05, 0.1) is 29.6 Å². The SMILES string of the molecule is COC(=O)c1cnc(C2=CCN(Cc3cc4c(B5OC(C)(C)C(C)(C)O5)ccnc4n3C)CC2)c(C)c1. The molecule has 0 bridgehead atoms. The Labute approximate surface area is 218 Å². The van der Waals surface area contributed by atoms with Crippen LogP contribution in [0.3, 0.4) is 0 Å². The third-order valence-electron chi connectivity index (χ3n) is 8.05. The van der Waals surface area contributed by atoms with Crippen molar-refractivity contribution in [2.45, 2.75) is 58.8 Å². The van der Waals surface area contributed by atoms with Crippen LogP contribution in [-0.2, 0) is 27.6 Å². The highest BCUT2D eigenvalue weighted by Crippen LogP contribution is 2.37. The molecule has 0 amide bonds. The molecule has 0 spiro atoms. The molecule has 0 saturated carbocycles. The molecule has 1 fully saturated rings. The Morgan fingerprint density at radius 1 is 1.16 bits per heavy atom. The van der Waals surface area contributed by atoms with Crippen molar-refractivity contribution in [3.63, 3.8) is 0 Å². The van der Waals surface area contributed by atoms with Gasteiger partial charge >= 0.3 is 13.1 Å². The Kier molecular flexibility index (Phi) is 6.50. The number of aryl methyl sites for hydroxylation is 2. The molecule has 37 heavy (non-hydrogen) atoms. The second kappa shape index (κ2) is 9.38. The number of carbonyl (C=O) groups excluding carboxylic acids is 1. The van der Waals surface area contributed by atoms with E-state index in [-0.39, 0.29) is 5.97 Å². The van der Waals surface area contributed by atoms with E-state index in [0.29, 0.717) is 5.56 Å². The lowest BCUT2D eigenvalue weighted by Crippen LogP contribution is -2.41. The smallest absolute Gasteiger partial charge is 0.465 e. The highest BCUT2D eigenvalue weighted by atomic mass is 16.7. The molecular weight excluding hydrogens is 467 g/mol. The quantitative estimate of drug-likeness (QED) is 0.389. The van der Waals surface area contributed by atoms with Crippen molar-refractivity contribution in [2.75, 3.05) is 20.2 Å². The van der Waals surface area contributed by atoms with Crippen LogP contribution in [0.25, 0.3) is 16.6 Å². The van der Waals surface area contributed by atoms with Crippen molar-refractivity contribution in [3.05, 3.63) is 59.2 Å². The number of hydrogen-bond acceptors (Lipinski definition) is 7. The molecule has 0 radical (unpaired) electrons. The first-order valence-corrected chi connectivity index (χ1v) is 12.8. The van der Waals surface area contributed by atoms with Crippen molar-refractivity contribution >= 4 is 35.2 Å². The fraction of sp³-hybridized carbons (Fsp3) is 0.464. The number of fused-ring (bicyclic) bond motifs is 1. The van der Waals surface area contributed by atoms with E-state index in [4.69, 9.17) is 14.0 Å². The summed E-state index contributed by atoms with van der Waals surface area (Å²) in [7, 11) is 3.03. The summed E-state index contributed by atoms with van der Waals surface area (Å²) in [4.78, 5) is 23.5. The van der Waals surface area contributed by atoms with E-state index in [2.05, 4.69) is 66.3 Å². The predicted molar refractivity (Wildman–Crippen MR) is 145 cm³/mol. The average Bonchev–Trinajstić information content (AvgIpc) is 3.29. The van der Waals surface area contributed by atoms with E-state index >= 15 is 0 Å². The number of esters is 1. The fourth-order valence-corrected chi connectivity index (χ4v) is 5.06. The van der Waals surface area contributed by atoms with Crippen LogP contribution in [0, 0.1) is 6.92 Å². The molecule has 8 nitrogen and oxygen atoms in total. The maximum Gasteiger partial charge on any atom is 0.495 e.